The van der Waals surface area contributed by atoms with Gasteiger partial charge in [-0.15, -0.1) is 10.2 Å². The van der Waals surface area contributed by atoms with Gasteiger partial charge >= 0.3 is 0 Å². The molecule has 1 atom stereocenters. The van der Waals surface area contributed by atoms with E-state index in [1.54, 1.807) is 48.8 Å². The van der Waals surface area contributed by atoms with Crippen LogP contribution < -0.4 is 0 Å². The predicted molar refractivity (Wildman–Crippen MR) is 100 cm³/mol. The highest BCUT2D eigenvalue weighted by molar-refractivity contribution is 7.88. The van der Waals surface area contributed by atoms with Crippen LogP contribution in [0.3, 0.4) is 0 Å². The maximum Gasteiger partial charge on any atom is 0.247 e. The molecule has 1 aliphatic rings. The molecule has 1 aromatic carbocycles. The summed E-state index contributed by atoms with van der Waals surface area (Å²) in [7, 11) is -3.53. The molecule has 0 aliphatic carbocycles. The van der Waals surface area contributed by atoms with Gasteiger partial charge in [-0.1, -0.05) is 23.7 Å². The van der Waals surface area contributed by atoms with Gasteiger partial charge in [0.15, 0.2) is 0 Å². The third kappa shape index (κ3) is 3.87. The Labute approximate surface area is 162 Å². The molecule has 0 N–H and O–H groups in total. The highest BCUT2D eigenvalue weighted by atomic mass is 35.5. The van der Waals surface area contributed by atoms with Crippen LogP contribution in [0.25, 0.3) is 11.5 Å². The Morgan fingerprint density at radius 3 is 2.59 bits per heavy atom. The summed E-state index contributed by atoms with van der Waals surface area (Å²) >= 11 is 5.87. The maximum absolute atomic E-state index is 12.9. The summed E-state index contributed by atoms with van der Waals surface area (Å²) in [6.45, 7) is 0.438. The molecule has 0 radical (unpaired) electrons. The molecule has 0 saturated carbocycles. The van der Waals surface area contributed by atoms with Gasteiger partial charge in [0.25, 0.3) is 0 Å². The van der Waals surface area contributed by atoms with Gasteiger partial charge in [-0.3, -0.25) is 4.98 Å². The molecule has 1 fully saturated rings. The van der Waals surface area contributed by atoms with Crippen molar-refractivity contribution >= 4 is 21.6 Å². The molecule has 4 rings (SSSR count). The number of nitrogens with zero attached hydrogens (tertiary/aromatic N) is 4. The zero-order valence-electron chi connectivity index (χ0n) is 14.3. The Morgan fingerprint density at radius 2 is 1.85 bits per heavy atom. The molecule has 3 aromatic rings. The zero-order chi connectivity index (χ0) is 18.9. The summed E-state index contributed by atoms with van der Waals surface area (Å²) < 4.78 is 33.1. The minimum atomic E-state index is -3.53. The first-order chi connectivity index (χ1) is 13.0. The monoisotopic (exact) mass is 404 g/mol. The quantitative estimate of drug-likeness (QED) is 0.647. The molecule has 9 heteroatoms. The molecule has 1 unspecified atom stereocenters. The number of hydrogen-bond acceptors (Lipinski definition) is 6. The lowest BCUT2D eigenvalue weighted by Crippen LogP contribution is -2.31. The van der Waals surface area contributed by atoms with E-state index in [1.165, 1.54) is 4.31 Å². The third-order valence-electron chi connectivity index (χ3n) is 4.48. The van der Waals surface area contributed by atoms with Gasteiger partial charge < -0.3 is 4.42 Å². The van der Waals surface area contributed by atoms with Gasteiger partial charge in [0.1, 0.15) is 6.04 Å². The van der Waals surface area contributed by atoms with Crippen LogP contribution in [-0.4, -0.2) is 34.4 Å². The average Bonchev–Trinajstić information content (AvgIpc) is 3.33. The van der Waals surface area contributed by atoms with Gasteiger partial charge in [-0.25, -0.2) is 8.42 Å². The standard InChI is InChI=1S/C18H17ClN4O3S/c19-15-5-3-13(4-6-15)12-27(24,25)23-11-1-2-16(23)18-22-21-17(26-18)14-7-9-20-10-8-14/h3-10,16H,1-2,11-12H2. The number of sulfonamides is 1. The van der Waals surface area contributed by atoms with Crippen molar-refractivity contribution in [1.29, 1.82) is 0 Å². The summed E-state index contributed by atoms with van der Waals surface area (Å²) in [4.78, 5) is 3.96. The lowest BCUT2D eigenvalue weighted by atomic mass is 10.2. The fourth-order valence-corrected chi connectivity index (χ4v) is 5.07. The van der Waals surface area contributed by atoms with Crippen LogP contribution in [0.4, 0.5) is 0 Å². The maximum atomic E-state index is 12.9. The van der Waals surface area contributed by atoms with Crippen molar-refractivity contribution in [2.45, 2.75) is 24.6 Å². The van der Waals surface area contributed by atoms with E-state index >= 15 is 0 Å². The molecule has 140 valence electrons. The largest absolute Gasteiger partial charge is 0.419 e. The first-order valence-corrected chi connectivity index (χ1v) is 10.5. The van der Waals surface area contributed by atoms with Gasteiger partial charge in [-0.2, -0.15) is 4.31 Å². The van der Waals surface area contributed by atoms with E-state index in [4.69, 9.17) is 16.0 Å². The van der Waals surface area contributed by atoms with Crippen LogP contribution in [0, 0.1) is 0 Å². The van der Waals surface area contributed by atoms with Gasteiger partial charge in [0, 0.05) is 29.5 Å². The Hall–Kier alpha value is -2.29. The normalized spacial score (nSPS) is 18.0. The smallest absolute Gasteiger partial charge is 0.247 e. The SMILES string of the molecule is O=S(=O)(Cc1ccc(Cl)cc1)N1CCCC1c1nnc(-c2ccncc2)o1. The van der Waals surface area contributed by atoms with Crippen molar-refractivity contribution in [1.82, 2.24) is 19.5 Å². The summed E-state index contributed by atoms with van der Waals surface area (Å²) in [6.07, 6.45) is 4.67. The summed E-state index contributed by atoms with van der Waals surface area (Å²) in [5.41, 5.74) is 1.44. The first kappa shape index (κ1) is 18.1. The van der Waals surface area contributed by atoms with E-state index in [9.17, 15) is 8.42 Å². The molecule has 1 aliphatic heterocycles. The number of aromatic nitrogens is 3. The number of rotatable bonds is 5. The Bertz CT molecular complexity index is 1020. The van der Waals surface area contributed by atoms with Crippen LogP contribution in [0.15, 0.2) is 53.2 Å². The van der Waals surface area contributed by atoms with E-state index < -0.39 is 16.1 Å². The Kier molecular flexibility index (Phi) is 4.94. The van der Waals surface area contributed by atoms with Crippen molar-refractivity contribution in [2.75, 3.05) is 6.54 Å². The van der Waals surface area contributed by atoms with Crippen LogP contribution >= 0.6 is 11.6 Å². The Morgan fingerprint density at radius 1 is 1.11 bits per heavy atom. The van der Waals surface area contributed by atoms with E-state index in [0.717, 1.165) is 12.0 Å². The minimum Gasteiger partial charge on any atom is -0.419 e. The molecular weight excluding hydrogens is 388 g/mol. The highest BCUT2D eigenvalue weighted by Crippen LogP contribution is 2.35. The molecule has 7 nitrogen and oxygen atoms in total. The van der Waals surface area contributed by atoms with Crippen LogP contribution in [0.5, 0.6) is 0 Å². The third-order valence-corrected chi connectivity index (χ3v) is 6.58. The number of hydrogen-bond donors (Lipinski definition) is 0. The van der Waals surface area contributed by atoms with Crippen LogP contribution in [0.2, 0.25) is 5.02 Å². The molecule has 3 heterocycles. The number of benzene rings is 1. The summed E-state index contributed by atoms with van der Waals surface area (Å²) in [6, 6.07) is 9.91. The second-order valence-corrected chi connectivity index (χ2v) is 8.69. The van der Waals surface area contributed by atoms with E-state index in [2.05, 4.69) is 15.2 Å². The van der Waals surface area contributed by atoms with Gasteiger partial charge in [0.05, 0.1) is 5.75 Å². The zero-order valence-corrected chi connectivity index (χ0v) is 15.9. The number of halogens is 1. The number of pyridine rings is 1. The minimum absolute atomic E-state index is 0.0913. The molecular formula is C18H17ClN4O3S. The van der Waals surface area contributed by atoms with E-state index in [1.807, 2.05) is 0 Å². The lowest BCUT2D eigenvalue weighted by molar-refractivity contribution is 0.332. The van der Waals surface area contributed by atoms with Crippen LogP contribution in [0.1, 0.15) is 30.3 Å². The topological polar surface area (TPSA) is 89.2 Å². The first-order valence-electron chi connectivity index (χ1n) is 8.51. The molecule has 0 bridgehead atoms. The molecule has 2 aromatic heterocycles. The molecule has 1 saturated heterocycles. The fourth-order valence-electron chi connectivity index (χ4n) is 3.17. The van der Waals surface area contributed by atoms with Crippen LogP contribution in [-0.2, 0) is 15.8 Å². The average molecular weight is 405 g/mol. The predicted octanol–water partition coefficient (Wildman–Crippen LogP) is 3.45. The van der Waals surface area contributed by atoms with Crippen molar-refractivity contribution in [3.63, 3.8) is 0 Å². The van der Waals surface area contributed by atoms with Crippen molar-refractivity contribution in [2.24, 2.45) is 0 Å². The summed E-state index contributed by atoms with van der Waals surface area (Å²) in [5, 5.41) is 8.73. The van der Waals surface area contributed by atoms with Crippen molar-refractivity contribution in [3.05, 3.63) is 65.3 Å². The highest BCUT2D eigenvalue weighted by Gasteiger charge is 2.38. The molecule has 0 spiro atoms. The van der Waals surface area contributed by atoms with E-state index in [0.29, 0.717) is 35.3 Å². The van der Waals surface area contributed by atoms with Crippen molar-refractivity contribution in [3.8, 4) is 11.5 Å². The molecule has 27 heavy (non-hydrogen) atoms. The Balaban J connectivity index is 1.57. The lowest BCUT2D eigenvalue weighted by Gasteiger charge is -2.21. The van der Waals surface area contributed by atoms with Gasteiger partial charge in [0.2, 0.25) is 21.8 Å². The summed E-state index contributed by atoms with van der Waals surface area (Å²) in [5.74, 6) is 0.583. The second-order valence-electron chi connectivity index (χ2n) is 6.33. The van der Waals surface area contributed by atoms with E-state index in [-0.39, 0.29) is 5.75 Å². The fraction of sp³-hybridized carbons (Fsp3) is 0.278. The second kappa shape index (κ2) is 7.38. The molecule has 0 amide bonds. The van der Waals surface area contributed by atoms with Crippen molar-refractivity contribution < 1.29 is 12.8 Å². The van der Waals surface area contributed by atoms with Gasteiger partial charge in [-0.05, 0) is 42.7 Å².